The van der Waals surface area contributed by atoms with E-state index in [1.54, 1.807) is 6.92 Å². The standard InChI is InChI=1S/C7H7Cl2NO2S/c1-2-12-7(11)5-4(10)3(8)6(9)13-5/h2,10H2,1H3. The molecule has 0 amide bonds. The van der Waals surface area contributed by atoms with E-state index in [0.717, 1.165) is 11.3 Å². The van der Waals surface area contributed by atoms with Crippen LogP contribution in [0.15, 0.2) is 0 Å². The number of thiophene rings is 1. The highest BCUT2D eigenvalue weighted by Gasteiger charge is 2.19. The number of halogens is 2. The van der Waals surface area contributed by atoms with Crippen molar-refractivity contribution in [3.63, 3.8) is 0 Å². The van der Waals surface area contributed by atoms with E-state index in [9.17, 15) is 4.79 Å². The van der Waals surface area contributed by atoms with Gasteiger partial charge in [0.1, 0.15) is 9.21 Å². The van der Waals surface area contributed by atoms with Gasteiger partial charge in [0.25, 0.3) is 0 Å². The molecule has 0 unspecified atom stereocenters. The number of carbonyl (C=O) groups excluding carboxylic acids is 1. The Morgan fingerprint density at radius 3 is 2.62 bits per heavy atom. The van der Waals surface area contributed by atoms with Crippen LogP contribution in [0.1, 0.15) is 16.6 Å². The molecule has 0 radical (unpaired) electrons. The SMILES string of the molecule is CCOC(=O)c1sc(Cl)c(Cl)c1N. The van der Waals surface area contributed by atoms with Crippen molar-refractivity contribution in [2.24, 2.45) is 0 Å². The summed E-state index contributed by atoms with van der Waals surface area (Å²) in [6.07, 6.45) is 0. The molecule has 0 aromatic carbocycles. The minimum Gasteiger partial charge on any atom is -0.462 e. The highest BCUT2D eigenvalue weighted by Crippen LogP contribution is 2.39. The molecule has 6 heteroatoms. The van der Waals surface area contributed by atoms with Gasteiger partial charge < -0.3 is 10.5 Å². The van der Waals surface area contributed by atoms with Crippen molar-refractivity contribution in [3.05, 3.63) is 14.2 Å². The average molecular weight is 240 g/mol. The quantitative estimate of drug-likeness (QED) is 0.808. The van der Waals surface area contributed by atoms with Crippen molar-refractivity contribution in [3.8, 4) is 0 Å². The van der Waals surface area contributed by atoms with E-state index in [2.05, 4.69) is 0 Å². The number of hydrogen-bond donors (Lipinski definition) is 1. The third kappa shape index (κ3) is 2.07. The monoisotopic (exact) mass is 239 g/mol. The molecule has 1 aromatic heterocycles. The molecule has 0 spiro atoms. The molecule has 13 heavy (non-hydrogen) atoms. The van der Waals surface area contributed by atoms with Gasteiger partial charge in [-0.1, -0.05) is 23.2 Å². The number of nitrogens with two attached hydrogens (primary N) is 1. The summed E-state index contributed by atoms with van der Waals surface area (Å²) >= 11 is 12.4. The lowest BCUT2D eigenvalue weighted by atomic mass is 10.4. The van der Waals surface area contributed by atoms with E-state index in [1.165, 1.54) is 0 Å². The Morgan fingerprint density at radius 2 is 2.23 bits per heavy atom. The van der Waals surface area contributed by atoms with Crippen LogP contribution in [-0.2, 0) is 4.74 Å². The first kappa shape index (κ1) is 10.6. The van der Waals surface area contributed by atoms with Crippen LogP contribution in [0, 0.1) is 0 Å². The van der Waals surface area contributed by atoms with Crippen molar-refractivity contribution < 1.29 is 9.53 Å². The van der Waals surface area contributed by atoms with Crippen LogP contribution in [-0.4, -0.2) is 12.6 Å². The molecule has 72 valence electrons. The van der Waals surface area contributed by atoms with Crippen molar-refractivity contribution in [2.75, 3.05) is 12.3 Å². The lowest BCUT2D eigenvalue weighted by Crippen LogP contribution is -2.04. The molecule has 0 aliphatic heterocycles. The summed E-state index contributed by atoms with van der Waals surface area (Å²) in [5.41, 5.74) is 5.72. The number of rotatable bonds is 2. The van der Waals surface area contributed by atoms with Gasteiger partial charge in [-0.3, -0.25) is 0 Å². The van der Waals surface area contributed by atoms with E-state index < -0.39 is 5.97 Å². The normalized spacial score (nSPS) is 10.1. The zero-order valence-corrected chi connectivity index (χ0v) is 9.09. The minimum atomic E-state index is -0.487. The average Bonchev–Trinajstić information content (AvgIpc) is 2.33. The smallest absolute Gasteiger partial charge is 0.350 e. The largest absolute Gasteiger partial charge is 0.462 e. The van der Waals surface area contributed by atoms with Gasteiger partial charge in [0.05, 0.1) is 17.3 Å². The van der Waals surface area contributed by atoms with Gasteiger partial charge in [-0.15, -0.1) is 11.3 Å². The van der Waals surface area contributed by atoms with Crippen LogP contribution < -0.4 is 5.73 Å². The van der Waals surface area contributed by atoms with Gasteiger partial charge in [0.15, 0.2) is 0 Å². The third-order valence-electron chi connectivity index (χ3n) is 1.31. The van der Waals surface area contributed by atoms with Gasteiger partial charge in [0, 0.05) is 0 Å². The number of carbonyl (C=O) groups is 1. The van der Waals surface area contributed by atoms with E-state index in [4.69, 9.17) is 33.7 Å². The molecule has 0 saturated heterocycles. The van der Waals surface area contributed by atoms with Crippen LogP contribution in [0.2, 0.25) is 9.36 Å². The van der Waals surface area contributed by atoms with Crippen LogP contribution in [0.3, 0.4) is 0 Å². The summed E-state index contributed by atoms with van der Waals surface area (Å²) in [6, 6.07) is 0. The Kier molecular flexibility index (Phi) is 3.41. The molecule has 2 N–H and O–H groups in total. The second-order valence-corrected chi connectivity index (χ2v) is 4.15. The maximum Gasteiger partial charge on any atom is 0.350 e. The Morgan fingerprint density at radius 1 is 1.62 bits per heavy atom. The fourth-order valence-corrected chi connectivity index (χ4v) is 2.08. The number of esters is 1. The van der Waals surface area contributed by atoms with E-state index in [-0.39, 0.29) is 15.6 Å². The summed E-state index contributed by atoms with van der Waals surface area (Å²) in [6.45, 7) is 2.01. The first-order valence-corrected chi connectivity index (χ1v) is 5.05. The molecule has 1 heterocycles. The molecule has 0 saturated carbocycles. The topological polar surface area (TPSA) is 52.3 Å². The maximum atomic E-state index is 11.2. The van der Waals surface area contributed by atoms with E-state index in [0.29, 0.717) is 10.9 Å². The van der Waals surface area contributed by atoms with Gasteiger partial charge in [0.2, 0.25) is 0 Å². The molecular formula is C7H7Cl2NO2S. The highest BCUT2D eigenvalue weighted by atomic mass is 35.5. The summed E-state index contributed by atoms with van der Waals surface area (Å²) in [5, 5.41) is 0.217. The molecule has 0 atom stereocenters. The number of ether oxygens (including phenoxy) is 1. The lowest BCUT2D eigenvalue weighted by Gasteiger charge is -1.98. The summed E-state index contributed by atoms with van der Waals surface area (Å²) in [7, 11) is 0. The summed E-state index contributed by atoms with van der Waals surface area (Å²) in [5.74, 6) is -0.487. The maximum absolute atomic E-state index is 11.2. The summed E-state index contributed by atoms with van der Waals surface area (Å²) < 4.78 is 5.06. The first-order chi connectivity index (χ1) is 6.07. The Balaban J connectivity index is 3.01. The molecule has 0 fully saturated rings. The zero-order chi connectivity index (χ0) is 10.0. The second-order valence-electron chi connectivity index (χ2n) is 2.15. The molecule has 1 rings (SSSR count). The van der Waals surface area contributed by atoms with Gasteiger partial charge in [-0.05, 0) is 6.92 Å². The number of hydrogen-bond acceptors (Lipinski definition) is 4. The van der Waals surface area contributed by atoms with Crippen molar-refractivity contribution >= 4 is 46.2 Å². The van der Waals surface area contributed by atoms with Gasteiger partial charge in [-0.25, -0.2) is 4.79 Å². The van der Waals surface area contributed by atoms with E-state index in [1.807, 2.05) is 0 Å². The van der Waals surface area contributed by atoms with Gasteiger partial charge >= 0.3 is 5.97 Å². The second kappa shape index (κ2) is 4.17. The highest BCUT2D eigenvalue weighted by molar-refractivity contribution is 7.19. The predicted molar refractivity (Wildman–Crippen MR) is 54.7 cm³/mol. The van der Waals surface area contributed by atoms with Gasteiger partial charge in [-0.2, -0.15) is 0 Å². The lowest BCUT2D eigenvalue weighted by molar-refractivity contribution is 0.0533. The van der Waals surface area contributed by atoms with Crippen molar-refractivity contribution in [1.82, 2.24) is 0 Å². The van der Waals surface area contributed by atoms with Crippen LogP contribution in [0.5, 0.6) is 0 Å². The van der Waals surface area contributed by atoms with Crippen LogP contribution in [0.25, 0.3) is 0 Å². The number of nitrogen functional groups attached to an aromatic ring is 1. The molecule has 1 aromatic rings. The molecule has 3 nitrogen and oxygen atoms in total. The Hall–Kier alpha value is -0.450. The fourth-order valence-electron chi connectivity index (χ4n) is 0.743. The van der Waals surface area contributed by atoms with Crippen molar-refractivity contribution in [1.29, 1.82) is 0 Å². The molecule has 0 bridgehead atoms. The third-order valence-corrected chi connectivity index (χ3v) is 3.30. The Bertz CT molecular complexity index is 337. The van der Waals surface area contributed by atoms with Crippen LogP contribution >= 0.6 is 34.5 Å². The predicted octanol–water partition coefficient (Wildman–Crippen LogP) is 2.81. The minimum absolute atomic E-state index is 0.190. The molecular weight excluding hydrogens is 233 g/mol. The zero-order valence-electron chi connectivity index (χ0n) is 6.77. The van der Waals surface area contributed by atoms with Crippen molar-refractivity contribution in [2.45, 2.75) is 6.92 Å². The van der Waals surface area contributed by atoms with Crippen LogP contribution in [0.4, 0.5) is 5.69 Å². The molecule has 0 aliphatic carbocycles. The fraction of sp³-hybridized carbons (Fsp3) is 0.286. The Labute approximate surface area is 89.4 Å². The van der Waals surface area contributed by atoms with E-state index >= 15 is 0 Å². The first-order valence-electron chi connectivity index (χ1n) is 3.48. The number of anilines is 1. The molecule has 0 aliphatic rings. The summed E-state index contributed by atoms with van der Waals surface area (Å²) in [4.78, 5) is 11.5.